The summed E-state index contributed by atoms with van der Waals surface area (Å²) in [6.45, 7) is 3.44. The maximum Gasteiger partial charge on any atom is 0.335 e. The van der Waals surface area contributed by atoms with E-state index in [9.17, 15) is 14.7 Å². The molecule has 1 aliphatic heterocycles. The fourth-order valence-electron chi connectivity index (χ4n) is 4.27. The maximum atomic E-state index is 12.9. The molecule has 0 spiro atoms. The normalized spacial score (nSPS) is 16.6. The number of hydrogen-bond acceptors (Lipinski definition) is 2. The Bertz CT molecular complexity index is 1040. The van der Waals surface area contributed by atoms with Gasteiger partial charge in [0.1, 0.15) is 0 Å². The molecule has 144 valence electrons. The van der Waals surface area contributed by atoms with Crippen LogP contribution >= 0.6 is 0 Å². The predicted molar refractivity (Wildman–Crippen MR) is 109 cm³/mol. The van der Waals surface area contributed by atoms with Gasteiger partial charge in [0.05, 0.1) is 12.0 Å². The Balaban J connectivity index is 1.44. The standard InChI is InChI=1S/C23H24N2O3/c1-15-20(19-8-4-5-9-21(19)24-15)13-22(26)25-11-10-16(14-25)12-17-6-2-3-7-18(17)23(27)28/h2-9,16,24H,10-14H2,1H3,(H,27,28). The van der Waals surface area contributed by atoms with Crippen molar-refractivity contribution < 1.29 is 14.7 Å². The minimum atomic E-state index is -0.892. The average molecular weight is 376 g/mol. The Morgan fingerprint density at radius 3 is 2.71 bits per heavy atom. The lowest BCUT2D eigenvalue weighted by molar-refractivity contribution is -0.129. The number of carbonyl (C=O) groups excluding carboxylic acids is 1. The highest BCUT2D eigenvalue weighted by Crippen LogP contribution is 2.26. The zero-order chi connectivity index (χ0) is 19.7. The lowest BCUT2D eigenvalue weighted by Crippen LogP contribution is -2.30. The van der Waals surface area contributed by atoms with Gasteiger partial charge in [-0.15, -0.1) is 0 Å². The molecule has 1 aliphatic rings. The molecule has 0 aliphatic carbocycles. The van der Waals surface area contributed by atoms with Crippen LogP contribution in [-0.4, -0.2) is 40.0 Å². The number of fused-ring (bicyclic) bond motifs is 1. The van der Waals surface area contributed by atoms with Gasteiger partial charge < -0.3 is 15.0 Å². The first-order valence-corrected chi connectivity index (χ1v) is 9.68. The Morgan fingerprint density at radius 1 is 1.14 bits per heavy atom. The molecule has 1 aromatic heterocycles. The number of benzene rings is 2. The second-order valence-electron chi connectivity index (χ2n) is 7.61. The van der Waals surface area contributed by atoms with Crippen LogP contribution in [0.25, 0.3) is 10.9 Å². The van der Waals surface area contributed by atoms with E-state index in [2.05, 4.69) is 11.1 Å². The van der Waals surface area contributed by atoms with Crippen molar-refractivity contribution in [1.29, 1.82) is 0 Å². The van der Waals surface area contributed by atoms with Gasteiger partial charge in [0.15, 0.2) is 0 Å². The van der Waals surface area contributed by atoms with E-state index in [4.69, 9.17) is 0 Å². The lowest BCUT2D eigenvalue weighted by atomic mass is 9.95. The molecule has 0 radical (unpaired) electrons. The van der Waals surface area contributed by atoms with Gasteiger partial charge in [-0.05, 0) is 48.9 Å². The molecule has 3 aromatic rings. The van der Waals surface area contributed by atoms with Crippen molar-refractivity contribution in [2.75, 3.05) is 13.1 Å². The van der Waals surface area contributed by atoms with Gasteiger partial charge in [-0.1, -0.05) is 36.4 Å². The Hall–Kier alpha value is -3.08. The third kappa shape index (κ3) is 3.52. The minimum absolute atomic E-state index is 0.141. The van der Waals surface area contributed by atoms with Crippen LogP contribution in [0.5, 0.6) is 0 Å². The van der Waals surface area contributed by atoms with Crippen LogP contribution in [-0.2, 0) is 17.6 Å². The van der Waals surface area contributed by atoms with Crippen molar-refractivity contribution in [2.24, 2.45) is 5.92 Å². The highest BCUT2D eigenvalue weighted by Gasteiger charge is 2.28. The number of rotatable bonds is 5. The molecule has 5 nitrogen and oxygen atoms in total. The van der Waals surface area contributed by atoms with Gasteiger partial charge in [-0.2, -0.15) is 0 Å². The Kier molecular flexibility index (Phi) is 4.90. The molecule has 2 heterocycles. The molecule has 28 heavy (non-hydrogen) atoms. The molecule has 0 bridgehead atoms. The van der Waals surface area contributed by atoms with Gasteiger partial charge in [0, 0.05) is 29.7 Å². The van der Waals surface area contributed by atoms with Crippen LogP contribution < -0.4 is 0 Å². The molecule has 4 rings (SSSR count). The van der Waals surface area contributed by atoms with Crippen LogP contribution in [0, 0.1) is 12.8 Å². The molecule has 0 saturated carbocycles. The number of carboxylic acid groups (broad SMARTS) is 1. The van der Waals surface area contributed by atoms with Crippen molar-refractivity contribution in [3.05, 3.63) is 70.9 Å². The SMILES string of the molecule is Cc1[nH]c2ccccc2c1CC(=O)N1CCC(Cc2ccccc2C(=O)O)C1. The number of hydrogen-bond donors (Lipinski definition) is 2. The number of aryl methyl sites for hydroxylation is 1. The van der Waals surface area contributed by atoms with Crippen LogP contribution in [0.15, 0.2) is 48.5 Å². The monoisotopic (exact) mass is 376 g/mol. The van der Waals surface area contributed by atoms with Crippen molar-refractivity contribution >= 4 is 22.8 Å². The van der Waals surface area contributed by atoms with E-state index in [1.165, 1.54) is 0 Å². The van der Waals surface area contributed by atoms with Crippen molar-refractivity contribution in [2.45, 2.75) is 26.2 Å². The lowest BCUT2D eigenvalue weighted by Gasteiger charge is -2.17. The van der Waals surface area contributed by atoms with E-state index < -0.39 is 5.97 Å². The summed E-state index contributed by atoms with van der Waals surface area (Å²) in [4.78, 5) is 29.6. The van der Waals surface area contributed by atoms with E-state index >= 15 is 0 Å². The molecule has 1 fully saturated rings. The molecule has 2 N–H and O–H groups in total. The van der Waals surface area contributed by atoms with Crippen LogP contribution in [0.3, 0.4) is 0 Å². The van der Waals surface area contributed by atoms with E-state index in [1.54, 1.807) is 12.1 Å². The number of likely N-dealkylation sites (tertiary alicyclic amines) is 1. The fourth-order valence-corrected chi connectivity index (χ4v) is 4.27. The molecule has 1 unspecified atom stereocenters. The third-order valence-electron chi connectivity index (χ3n) is 5.75. The summed E-state index contributed by atoms with van der Waals surface area (Å²) < 4.78 is 0. The topological polar surface area (TPSA) is 73.4 Å². The van der Waals surface area contributed by atoms with Gasteiger partial charge in [-0.3, -0.25) is 4.79 Å². The van der Waals surface area contributed by atoms with Gasteiger partial charge in [-0.25, -0.2) is 4.79 Å². The molecule has 2 aromatic carbocycles. The number of aromatic carboxylic acids is 1. The smallest absolute Gasteiger partial charge is 0.335 e. The van der Waals surface area contributed by atoms with E-state index in [-0.39, 0.29) is 5.91 Å². The molecule has 1 amide bonds. The van der Waals surface area contributed by atoms with Gasteiger partial charge in [0.2, 0.25) is 5.91 Å². The second kappa shape index (κ2) is 7.50. The number of aromatic nitrogens is 1. The maximum absolute atomic E-state index is 12.9. The first-order chi connectivity index (χ1) is 13.5. The number of amides is 1. The number of nitrogens with one attached hydrogen (secondary N) is 1. The average Bonchev–Trinajstić information content (AvgIpc) is 3.27. The number of carbonyl (C=O) groups is 2. The van der Waals surface area contributed by atoms with Crippen LogP contribution in [0.2, 0.25) is 0 Å². The Morgan fingerprint density at radius 2 is 1.89 bits per heavy atom. The fraction of sp³-hybridized carbons (Fsp3) is 0.304. The summed E-state index contributed by atoms with van der Waals surface area (Å²) in [5.74, 6) is -0.452. The summed E-state index contributed by atoms with van der Waals surface area (Å²) in [5.41, 5.74) is 4.39. The zero-order valence-corrected chi connectivity index (χ0v) is 15.9. The zero-order valence-electron chi connectivity index (χ0n) is 15.9. The van der Waals surface area contributed by atoms with Crippen LogP contribution in [0.4, 0.5) is 0 Å². The minimum Gasteiger partial charge on any atom is -0.478 e. The second-order valence-corrected chi connectivity index (χ2v) is 7.61. The number of para-hydroxylation sites is 1. The van der Waals surface area contributed by atoms with Crippen LogP contribution in [0.1, 0.15) is 33.6 Å². The first-order valence-electron chi connectivity index (χ1n) is 9.68. The summed E-state index contributed by atoms with van der Waals surface area (Å²) in [5, 5.41) is 10.5. The first kappa shape index (κ1) is 18.3. The van der Waals surface area contributed by atoms with Crippen molar-refractivity contribution in [3.63, 3.8) is 0 Å². The third-order valence-corrected chi connectivity index (χ3v) is 5.75. The van der Waals surface area contributed by atoms with Crippen molar-refractivity contribution in [1.82, 2.24) is 9.88 Å². The Labute approximate surface area is 164 Å². The summed E-state index contributed by atoms with van der Waals surface area (Å²) >= 11 is 0. The van der Waals surface area contributed by atoms with Crippen molar-refractivity contribution in [3.8, 4) is 0 Å². The summed E-state index contributed by atoms with van der Waals surface area (Å²) in [6, 6.07) is 15.2. The highest BCUT2D eigenvalue weighted by molar-refractivity contribution is 5.90. The molecular weight excluding hydrogens is 352 g/mol. The van der Waals surface area contributed by atoms with E-state index in [0.717, 1.165) is 40.7 Å². The highest BCUT2D eigenvalue weighted by atomic mass is 16.4. The number of aromatic amines is 1. The largest absolute Gasteiger partial charge is 0.478 e. The predicted octanol–water partition coefficient (Wildman–Crippen LogP) is 3.81. The summed E-state index contributed by atoms with van der Waals surface area (Å²) in [6.07, 6.45) is 2.00. The quantitative estimate of drug-likeness (QED) is 0.711. The van der Waals surface area contributed by atoms with E-state index in [1.807, 2.05) is 42.2 Å². The molecular formula is C23H24N2O3. The van der Waals surface area contributed by atoms with Gasteiger partial charge in [0.25, 0.3) is 0 Å². The van der Waals surface area contributed by atoms with Gasteiger partial charge >= 0.3 is 5.97 Å². The number of nitrogens with zero attached hydrogens (tertiary/aromatic N) is 1. The number of H-pyrrole nitrogens is 1. The summed E-state index contributed by atoms with van der Waals surface area (Å²) in [7, 11) is 0. The molecule has 5 heteroatoms. The number of carboxylic acids is 1. The van der Waals surface area contributed by atoms with E-state index in [0.29, 0.717) is 30.9 Å². The molecule has 1 saturated heterocycles. The molecule has 1 atom stereocenters.